The third kappa shape index (κ3) is 3.23. The second-order valence-corrected chi connectivity index (χ2v) is 4.92. The first-order chi connectivity index (χ1) is 9.63. The minimum atomic E-state index is 0.621. The number of nitriles is 1. The second kappa shape index (κ2) is 6.31. The van der Waals surface area contributed by atoms with Gasteiger partial charge in [0.05, 0.1) is 18.4 Å². The van der Waals surface area contributed by atoms with Crippen molar-refractivity contribution in [2.24, 2.45) is 0 Å². The van der Waals surface area contributed by atoms with Gasteiger partial charge in [-0.3, -0.25) is 0 Å². The first-order valence-electron chi connectivity index (χ1n) is 6.17. The molecule has 0 aromatic heterocycles. The smallest absolute Gasteiger partial charge is 0.121 e. The Morgan fingerprint density at radius 3 is 2.70 bits per heavy atom. The number of methoxy groups -OCH3 is 1. The summed E-state index contributed by atoms with van der Waals surface area (Å²) in [6, 6.07) is 15.3. The third-order valence-electron chi connectivity index (χ3n) is 3.05. The molecule has 0 atom stereocenters. The maximum Gasteiger partial charge on any atom is 0.121 e. The summed E-state index contributed by atoms with van der Waals surface area (Å²) >= 11 is 5.99. The zero-order valence-corrected chi connectivity index (χ0v) is 12.2. The molecule has 0 aliphatic carbocycles. The maximum atomic E-state index is 9.20. The van der Waals surface area contributed by atoms with Gasteiger partial charge in [-0.05, 0) is 29.8 Å². The summed E-state index contributed by atoms with van der Waals surface area (Å²) in [6.45, 7) is 0.669. The van der Waals surface area contributed by atoms with Crippen molar-refractivity contribution in [2.45, 2.75) is 6.54 Å². The molecule has 0 bridgehead atoms. The zero-order chi connectivity index (χ0) is 14.5. The molecular weight excluding hydrogens is 272 g/mol. The van der Waals surface area contributed by atoms with Crippen LogP contribution in [0.4, 0.5) is 5.69 Å². The molecule has 0 N–H and O–H groups in total. The molecule has 2 rings (SSSR count). The van der Waals surface area contributed by atoms with Gasteiger partial charge < -0.3 is 9.64 Å². The highest BCUT2D eigenvalue weighted by Gasteiger charge is 2.09. The SMILES string of the molecule is COc1ccc(C#N)c(N(C)Cc2cccc(Cl)c2)c1. The molecule has 0 fully saturated rings. The molecule has 0 saturated heterocycles. The van der Waals surface area contributed by atoms with E-state index < -0.39 is 0 Å². The van der Waals surface area contributed by atoms with Crippen LogP contribution in [0.15, 0.2) is 42.5 Å². The molecule has 2 aromatic rings. The van der Waals surface area contributed by atoms with Gasteiger partial charge in [0.2, 0.25) is 0 Å². The standard InChI is InChI=1S/C16H15ClN2O/c1-19(11-12-4-3-5-14(17)8-12)16-9-15(20-2)7-6-13(16)10-18/h3-9H,11H2,1-2H3. The number of anilines is 1. The summed E-state index contributed by atoms with van der Waals surface area (Å²) < 4.78 is 5.22. The Morgan fingerprint density at radius 2 is 2.05 bits per heavy atom. The number of hydrogen-bond acceptors (Lipinski definition) is 3. The monoisotopic (exact) mass is 286 g/mol. The van der Waals surface area contributed by atoms with Crippen molar-refractivity contribution in [1.82, 2.24) is 0 Å². The number of rotatable bonds is 4. The molecule has 0 aliphatic rings. The van der Waals surface area contributed by atoms with E-state index in [0.29, 0.717) is 17.1 Å². The van der Waals surface area contributed by atoms with Gasteiger partial charge in [0.15, 0.2) is 0 Å². The number of ether oxygens (including phenoxy) is 1. The van der Waals surface area contributed by atoms with E-state index in [1.165, 1.54) is 0 Å². The van der Waals surface area contributed by atoms with Gasteiger partial charge in [0.1, 0.15) is 11.8 Å². The number of halogens is 1. The van der Waals surface area contributed by atoms with Crippen LogP contribution < -0.4 is 9.64 Å². The normalized spacial score (nSPS) is 9.90. The number of benzene rings is 2. The number of hydrogen-bond donors (Lipinski definition) is 0. The van der Waals surface area contributed by atoms with E-state index in [2.05, 4.69) is 6.07 Å². The predicted molar refractivity (Wildman–Crippen MR) is 81.3 cm³/mol. The van der Waals surface area contributed by atoms with Crippen LogP contribution in [-0.2, 0) is 6.54 Å². The Kier molecular flexibility index (Phi) is 4.49. The van der Waals surface area contributed by atoms with Gasteiger partial charge in [0, 0.05) is 24.7 Å². The largest absolute Gasteiger partial charge is 0.497 e. The van der Waals surface area contributed by atoms with Crippen LogP contribution in [0.25, 0.3) is 0 Å². The zero-order valence-electron chi connectivity index (χ0n) is 11.4. The van der Waals surface area contributed by atoms with E-state index in [1.807, 2.05) is 42.3 Å². The van der Waals surface area contributed by atoms with Gasteiger partial charge in [-0.1, -0.05) is 23.7 Å². The molecule has 0 aliphatic heterocycles. The van der Waals surface area contributed by atoms with Crippen LogP contribution >= 0.6 is 11.6 Å². The fourth-order valence-electron chi connectivity index (χ4n) is 2.04. The van der Waals surface area contributed by atoms with Crippen LogP contribution in [0.5, 0.6) is 5.75 Å². The second-order valence-electron chi connectivity index (χ2n) is 4.48. The summed E-state index contributed by atoms with van der Waals surface area (Å²) in [5, 5.41) is 9.91. The molecular formula is C16H15ClN2O. The van der Waals surface area contributed by atoms with Gasteiger partial charge in [0.25, 0.3) is 0 Å². The van der Waals surface area contributed by atoms with Gasteiger partial charge in [-0.15, -0.1) is 0 Å². The average molecular weight is 287 g/mol. The van der Waals surface area contributed by atoms with Crippen molar-refractivity contribution < 1.29 is 4.74 Å². The highest BCUT2D eigenvalue weighted by atomic mass is 35.5. The lowest BCUT2D eigenvalue weighted by Gasteiger charge is -2.21. The summed E-state index contributed by atoms with van der Waals surface area (Å²) in [7, 11) is 3.55. The maximum absolute atomic E-state index is 9.20. The fourth-order valence-corrected chi connectivity index (χ4v) is 2.26. The van der Waals surface area contributed by atoms with Crippen molar-refractivity contribution in [3.8, 4) is 11.8 Å². The average Bonchev–Trinajstić information content (AvgIpc) is 2.46. The van der Waals surface area contributed by atoms with Gasteiger partial charge in [-0.25, -0.2) is 0 Å². The van der Waals surface area contributed by atoms with Crippen molar-refractivity contribution in [3.63, 3.8) is 0 Å². The van der Waals surface area contributed by atoms with Crippen LogP contribution in [0.1, 0.15) is 11.1 Å². The van der Waals surface area contributed by atoms with E-state index in [-0.39, 0.29) is 0 Å². The van der Waals surface area contributed by atoms with Gasteiger partial charge >= 0.3 is 0 Å². The van der Waals surface area contributed by atoms with E-state index in [0.717, 1.165) is 17.0 Å². The molecule has 0 unspecified atom stereocenters. The molecule has 0 saturated carbocycles. The Balaban J connectivity index is 2.28. The minimum Gasteiger partial charge on any atom is -0.497 e. The Morgan fingerprint density at radius 1 is 1.25 bits per heavy atom. The Hall–Kier alpha value is -2.18. The topological polar surface area (TPSA) is 36.3 Å². The van der Waals surface area contributed by atoms with Crippen LogP contribution in [0.3, 0.4) is 0 Å². The molecule has 20 heavy (non-hydrogen) atoms. The van der Waals surface area contributed by atoms with E-state index in [1.54, 1.807) is 19.2 Å². The lowest BCUT2D eigenvalue weighted by Crippen LogP contribution is -2.17. The Labute approximate surface area is 124 Å². The molecule has 3 nitrogen and oxygen atoms in total. The number of nitrogens with zero attached hydrogens (tertiary/aromatic N) is 2. The summed E-state index contributed by atoms with van der Waals surface area (Å²) in [5.74, 6) is 0.733. The van der Waals surface area contributed by atoms with Crippen LogP contribution in [0, 0.1) is 11.3 Å². The summed E-state index contributed by atoms with van der Waals surface area (Å²) in [6.07, 6.45) is 0. The molecule has 0 heterocycles. The first-order valence-corrected chi connectivity index (χ1v) is 6.55. The lowest BCUT2D eigenvalue weighted by atomic mass is 10.1. The van der Waals surface area contributed by atoms with Crippen LogP contribution in [0.2, 0.25) is 5.02 Å². The van der Waals surface area contributed by atoms with Crippen molar-refractivity contribution >= 4 is 17.3 Å². The van der Waals surface area contributed by atoms with Crippen molar-refractivity contribution in [3.05, 3.63) is 58.6 Å². The first kappa shape index (κ1) is 14.2. The summed E-state index contributed by atoms with van der Waals surface area (Å²) in [5.41, 5.74) is 2.55. The Bertz CT molecular complexity index is 649. The minimum absolute atomic E-state index is 0.621. The van der Waals surface area contributed by atoms with Gasteiger partial charge in [-0.2, -0.15) is 5.26 Å². The highest BCUT2D eigenvalue weighted by Crippen LogP contribution is 2.26. The lowest BCUT2D eigenvalue weighted by molar-refractivity contribution is 0.415. The summed E-state index contributed by atoms with van der Waals surface area (Å²) in [4.78, 5) is 2.01. The van der Waals surface area contributed by atoms with Crippen LogP contribution in [-0.4, -0.2) is 14.2 Å². The molecule has 0 radical (unpaired) electrons. The highest BCUT2D eigenvalue weighted by molar-refractivity contribution is 6.30. The molecule has 4 heteroatoms. The molecule has 0 spiro atoms. The predicted octanol–water partition coefficient (Wildman–Crippen LogP) is 3.86. The molecule has 2 aromatic carbocycles. The molecule has 102 valence electrons. The van der Waals surface area contributed by atoms with E-state index in [9.17, 15) is 5.26 Å². The van der Waals surface area contributed by atoms with Crippen molar-refractivity contribution in [2.75, 3.05) is 19.1 Å². The fraction of sp³-hybridized carbons (Fsp3) is 0.188. The quantitative estimate of drug-likeness (QED) is 0.856. The van der Waals surface area contributed by atoms with E-state index in [4.69, 9.17) is 16.3 Å². The van der Waals surface area contributed by atoms with E-state index >= 15 is 0 Å². The third-order valence-corrected chi connectivity index (χ3v) is 3.28. The molecule has 0 amide bonds. The van der Waals surface area contributed by atoms with Crippen molar-refractivity contribution in [1.29, 1.82) is 5.26 Å².